The summed E-state index contributed by atoms with van der Waals surface area (Å²) in [4.78, 5) is 12.0. The Balaban J connectivity index is 2.16. The van der Waals surface area contributed by atoms with Crippen LogP contribution in [0.25, 0.3) is 0 Å². The minimum Gasteiger partial charge on any atom is -0.508 e. The van der Waals surface area contributed by atoms with Gasteiger partial charge in [0, 0.05) is 18.7 Å². The summed E-state index contributed by atoms with van der Waals surface area (Å²) < 4.78 is 0. The number of carbonyl (C=O) groups is 1. The Morgan fingerprint density at radius 3 is 2.30 bits per heavy atom. The van der Waals surface area contributed by atoms with Gasteiger partial charge in [-0.05, 0) is 18.1 Å². The molecule has 20 heavy (non-hydrogen) atoms. The van der Waals surface area contributed by atoms with E-state index in [1.165, 1.54) is 0 Å². The summed E-state index contributed by atoms with van der Waals surface area (Å²) in [6.45, 7) is 2.21. The van der Waals surface area contributed by atoms with Crippen molar-refractivity contribution in [2.75, 3.05) is 0 Å². The number of nitrogens with one attached hydrogen (secondary N) is 1. The van der Waals surface area contributed by atoms with Crippen LogP contribution in [0, 0.1) is 6.92 Å². The van der Waals surface area contributed by atoms with E-state index in [9.17, 15) is 20.1 Å². The molecular formula is C15H15NO4. The number of rotatable bonds is 3. The number of phenols is 3. The van der Waals surface area contributed by atoms with E-state index in [0.717, 1.165) is 23.3 Å². The molecule has 5 nitrogen and oxygen atoms in total. The monoisotopic (exact) mass is 273 g/mol. The maximum absolute atomic E-state index is 12.0. The van der Waals surface area contributed by atoms with Gasteiger partial charge in [-0.3, -0.25) is 4.79 Å². The summed E-state index contributed by atoms with van der Waals surface area (Å²) in [5, 5.41) is 31.0. The highest BCUT2D eigenvalue weighted by Gasteiger charge is 2.17. The second kappa shape index (κ2) is 5.52. The zero-order valence-corrected chi connectivity index (χ0v) is 10.9. The molecule has 0 saturated heterocycles. The second-order valence-corrected chi connectivity index (χ2v) is 4.47. The van der Waals surface area contributed by atoms with Crippen LogP contribution in [0.3, 0.4) is 0 Å². The number of phenolic OH excluding ortho intramolecular Hbond substituents is 3. The molecule has 0 heterocycles. The van der Waals surface area contributed by atoms with Crippen LogP contribution < -0.4 is 5.32 Å². The average molecular weight is 273 g/mol. The molecule has 5 heteroatoms. The first-order valence-corrected chi connectivity index (χ1v) is 6.06. The third kappa shape index (κ3) is 2.83. The number of aromatic hydroxyl groups is 3. The minimum atomic E-state index is -0.608. The van der Waals surface area contributed by atoms with E-state index in [-0.39, 0.29) is 17.9 Å². The number of hydrogen-bond acceptors (Lipinski definition) is 4. The summed E-state index contributed by atoms with van der Waals surface area (Å²) in [7, 11) is 0. The van der Waals surface area contributed by atoms with E-state index in [1.807, 2.05) is 31.2 Å². The molecule has 104 valence electrons. The number of benzene rings is 2. The molecule has 0 saturated carbocycles. The Kier molecular flexibility index (Phi) is 3.79. The molecule has 0 fully saturated rings. The normalized spacial score (nSPS) is 10.2. The molecule has 0 aromatic heterocycles. The van der Waals surface area contributed by atoms with Crippen LogP contribution in [0.15, 0.2) is 36.4 Å². The molecule has 0 aliphatic heterocycles. The Labute approximate surface area is 116 Å². The molecular weight excluding hydrogens is 258 g/mol. The number of carbonyl (C=O) groups excluding carboxylic acids is 1. The van der Waals surface area contributed by atoms with Gasteiger partial charge >= 0.3 is 0 Å². The lowest BCUT2D eigenvalue weighted by molar-refractivity contribution is 0.0945. The maximum atomic E-state index is 12.0. The van der Waals surface area contributed by atoms with Crippen LogP contribution in [-0.4, -0.2) is 21.2 Å². The fourth-order valence-corrected chi connectivity index (χ4v) is 1.90. The molecule has 0 spiro atoms. The molecule has 2 aromatic rings. The lowest BCUT2D eigenvalue weighted by Gasteiger charge is -2.10. The van der Waals surface area contributed by atoms with E-state index in [4.69, 9.17) is 0 Å². The summed E-state index contributed by atoms with van der Waals surface area (Å²) in [6, 6.07) is 9.58. The first-order chi connectivity index (χ1) is 9.49. The number of amides is 1. The lowest BCUT2D eigenvalue weighted by Crippen LogP contribution is -2.23. The molecule has 0 atom stereocenters. The first-order valence-electron chi connectivity index (χ1n) is 6.06. The third-order valence-electron chi connectivity index (χ3n) is 3.01. The first kappa shape index (κ1) is 13.7. The van der Waals surface area contributed by atoms with Gasteiger partial charge in [-0.25, -0.2) is 0 Å². The Bertz CT molecular complexity index is 629. The molecule has 0 aliphatic rings. The van der Waals surface area contributed by atoms with Crippen molar-refractivity contribution in [3.63, 3.8) is 0 Å². The van der Waals surface area contributed by atoms with Gasteiger partial charge in [0.1, 0.15) is 22.8 Å². The highest BCUT2D eigenvalue weighted by atomic mass is 16.3. The van der Waals surface area contributed by atoms with E-state index in [1.54, 1.807) is 0 Å². The molecule has 2 rings (SSSR count). The van der Waals surface area contributed by atoms with E-state index in [2.05, 4.69) is 5.32 Å². The largest absolute Gasteiger partial charge is 0.508 e. The van der Waals surface area contributed by atoms with Gasteiger partial charge in [-0.2, -0.15) is 0 Å². The van der Waals surface area contributed by atoms with Crippen LogP contribution in [0.4, 0.5) is 0 Å². The van der Waals surface area contributed by atoms with Crippen LogP contribution in [0.5, 0.6) is 17.2 Å². The van der Waals surface area contributed by atoms with Crippen molar-refractivity contribution in [2.45, 2.75) is 13.5 Å². The van der Waals surface area contributed by atoms with Gasteiger partial charge in [-0.1, -0.05) is 24.3 Å². The van der Waals surface area contributed by atoms with Crippen LogP contribution in [-0.2, 0) is 6.54 Å². The highest BCUT2D eigenvalue weighted by molar-refractivity contribution is 5.99. The van der Waals surface area contributed by atoms with Crippen molar-refractivity contribution in [2.24, 2.45) is 0 Å². The van der Waals surface area contributed by atoms with Crippen molar-refractivity contribution in [1.29, 1.82) is 0 Å². The average Bonchev–Trinajstić information content (AvgIpc) is 2.36. The minimum absolute atomic E-state index is 0.253. The quantitative estimate of drug-likeness (QED) is 0.689. The standard InChI is InChI=1S/C15H15NO4/c1-9-4-2-3-5-10(9)8-16-15(20)14-12(18)6-11(17)7-13(14)19/h2-7,17-19H,8H2,1H3,(H,16,20). The number of aryl methyl sites for hydroxylation is 1. The molecule has 0 radical (unpaired) electrons. The van der Waals surface area contributed by atoms with E-state index < -0.39 is 17.4 Å². The zero-order valence-electron chi connectivity index (χ0n) is 10.9. The van der Waals surface area contributed by atoms with Crippen molar-refractivity contribution < 1.29 is 20.1 Å². The van der Waals surface area contributed by atoms with Crippen LogP contribution >= 0.6 is 0 Å². The van der Waals surface area contributed by atoms with Gasteiger partial charge in [0.15, 0.2) is 0 Å². The zero-order chi connectivity index (χ0) is 14.7. The topological polar surface area (TPSA) is 89.8 Å². The van der Waals surface area contributed by atoms with Crippen LogP contribution in [0.2, 0.25) is 0 Å². The Morgan fingerprint density at radius 1 is 1.10 bits per heavy atom. The predicted molar refractivity (Wildman–Crippen MR) is 73.8 cm³/mol. The highest BCUT2D eigenvalue weighted by Crippen LogP contribution is 2.31. The van der Waals surface area contributed by atoms with Gasteiger partial charge in [0.25, 0.3) is 5.91 Å². The van der Waals surface area contributed by atoms with Crippen molar-refractivity contribution in [3.8, 4) is 17.2 Å². The van der Waals surface area contributed by atoms with Gasteiger partial charge in [0.05, 0.1) is 0 Å². The predicted octanol–water partition coefficient (Wildman–Crippen LogP) is 2.04. The van der Waals surface area contributed by atoms with Crippen molar-refractivity contribution >= 4 is 5.91 Å². The summed E-state index contributed by atoms with van der Waals surface area (Å²) in [6.07, 6.45) is 0. The third-order valence-corrected chi connectivity index (χ3v) is 3.01. The Hall–Kier alpha value is -2.69. The van der Waals surface area contributed by atoms with Gasteiger partial charge < -0.3 is 20.6 Å². The summed E-state index contributed by atoms with van der Waals surface area (Å²) in [5.41, 5.74) is 1.72. The molecule has 4 N–H and O–H groups in total. The van der Waals surface area contributed by atoms with Crippen LogP contribution in [0.1, 0.15) is 21.5 Å². The maximum Gasteiger partial charge on any atom is 0.259 e. The second-order valence-electron chi connectivity index (χ2n) is 4.47. The lowest BCUT2D eigenvalue weighted by atomic mass is 10.1. The fraction of sp³-hybridized carbons (Fsp3) is 0.133. The molecule has 1 amide bonds. The molecule has 0 bridgehead atoms. The molecule has 0 aliphatic carbocycles. The molecule has 2 aromatic carbocycles. The number of hydrogen-bond donors (Lipinski definition) is 4. The van der Waals surface area contributed by atoms with Gasteiger partial charge in [0.2, 0.25) is 0 Å². The summed E-state index contributed by atoms with van der Waals surface area (Å²) >= 11 is 0. The van der Waals surface area contributed by atoms with E-state index >= 15 is 0 Å². The Morgan fingerprint density at radius 2 is 1.70 bits per heavy atom. The van der Waals surface area contributed by atoms with Crippen molar-refractivity contribution in [3.05, 3.63) is 53.1 Å². The fourth-order valence-electron chi connectivity index (χ4n) is 1.90. The summed E-state index contributed by atoms with van der Waals surface area (Å²) in [5.74, 6) is -1.85. The van der Waals surface area contributed by atoms with Crippen molar-refractivity contribution in [1.82, 2.24) is 5.32 Å². The smallest absolute Gasteiger partial charge is 0.259 e. The van der Waals surface area contributed by atoms with Gasteiger partial charge in [-0.15, -0.1) is 0 Å². The SMILES string of the molecule is Cc1ccccc1CNC(=O)c1c(O)cc(O)cc1O. The molecule has 0 unspecified atom stereocenters. The van der Waals surface area contributed by atoms with E-state index in [0.29, 0.717) is 0 Å².